The van der Waals surface area contributed by atoms with Gasteiger partial charge in [-0.25, -0.2) is 4.79 Å². The standard InChI is InChI=1S/C9H6INO2/c10-8-4-2-1-3-7(8)9(12)13-6-5-11/h1-4H,6H2. The maximum absolute atomic E-state index is 11.2. The van der Waals surface area contributed by atoms with Crippen molar-refractivity contribution < 1.29 is 9.53 Å². The predicted molar refractivity (Wildman–Crippen MR) is 55.1 cm³/mol. The Morgan fingerprint density at radius 1 is 1.54 bits per heavy atom. The zero-order chi connectivity index (χ0) is 9.68. The first kappa shape index (κ1) is 9.99. The van der Waals surface area contributed by atoms with Crippen LogP contribution in [0.4, 0.5) is 0 Å². The summed E-state index contributed by atoms with van der Waals surface area (Å²) in [6.07, 6.45) is 0. The summed E-state index contributed by atoms with van der Waals surface area (Å²) in [6, 6.07) is 8.81. The van der Waals surface area contributed by atoms with Crippen LogP contribution in [0.25, 0.3) is 0 Å². The van der Waals surface area contributed by atoms with E-state index in [9.17, 15) is 4.79 Å². The lowest BCUT2D eigenvalue weighted by Crippen LogP contribution is -2.06. The number of esters is 1. The number of hydrogen-bond donors (Lipinski definition) is 0. The minimum Gasteiger partial charge on any atom is -0.447 e. The van der Waals surface area contributed by atoms with Crippen molar-refractivity contribution in [1.29, 1.82) is 5.26 Å². The van der Waals surface area contributed by atoms with E-state index in [2.05, 4.69) is 4.74 Å². The van der Waals surface area contributed by atoms with Gasteiger partial charge in [0.25, 0.3) is 0 Å². The number of nitriles is 1. The molecule has 0 atom stereocenters. The van der Waals surface area contributed by atoms with Crippen molar-refractivity contribution in [3.63, 3.8) is 0 Å². The van der Waals surface area contributed by atoms with Crippen LogP contribution in [-0.4, -0.2) is 12.6 Å². The Morgan fingerprint density at radius 3 is 2.85 bits per heavy atom. The highest BCUT2D eigenvalue weighted by atomic mass is 127. The number of ether oxygens (including phenoxy) is 1. The van der Waals surface area contributed by atoms with E-state index >= 15 is 0 Å². The van der Waals surface area contributed by atoms with Gasteiger partial charge in [0, 0.05) is 3.57 Å². The van der Waals surface area contributed by atoms with Gasteiger partial charge < -0.3 is 4.74 Å². The molecule has 0 bridgehead atoms. The van der Waals surface area contributed by atoms with Gasteiger partial charge in [-0.3, -0.25) is 0 Å². The van der Waals surface area contributed by atoms with Crippen LogP contribution in [0.5, 0.6) is 0 Å². The fourth-order valence-electron chi connectivity index (χ4n) is 0.802. The topological polar surface area (TPSA) is 50.1 Å². The molecule has 1 aromatic carbocycles. The molecule has 0 spiro atoms. The largest absolute Gasteiger partial charge is 0.447 e. The number of carbonyl (C=O) groups is 1. The number of hydrogen-bond acceptors (Lipinski definition) is 3. The highest BCUT2D eigenvalue weighted by molar-refractivity contribution is 14.1. The summed E-state index contributed by atoms with van der Waals surface area (Å²) >= 11 is 2.04. The van der Waals surface area contributed by atoms with Crippen molar-refractivity contribution in [3.05, 3.63) is 33.4 Å². The first-order chi connectivity index (χ1) is 6.25. The highest BCUT2D eigenvalue weighted by Gasteiger charge is 2.09. The summed E-state index contributed by atoms with van der Waals surface area (Å²) in [5.74, 6) is -0.452. The average molecular weight is 287 g/mol. The van der Waals surface area contributed by atoms with Gasteiger partial charge in [0.05, 0.1) is 5.56 Å². The lowest BCUT2D eigenvalue weighted by atomic mass is 10.2. The van der Waals surface area contributed by atoms with Crippen molar-refractivity contribution in [2.45, 2.75) is 0 Å². The quantitative estimate of drug-likeness (QED) is 0.617. The Balaban J connectivity index is 2.78. The third-order valence-electron chi connectivity index (χ3n) is 1.36. The van der Waals surface area contributed by atoms with E-state index in [1.165, 1.54) is 0 Å². The van der Waals surface area contributed by atoms with Gasteiger partial charge >= 0.3 is 5.97 Å². The predicted octanol–water partition coefficient (Wildman–Crippen LogP) is 1.97. The lowest BCUT2D eigenvalue weighted by molar-refractivity contribution is 0.0554. The molecule has 0 aliphatic carbocycles. The molecule has 1 rings (SSSR count). The van der Waals surface area contributed by atoms with Crippen LogP contribution in [0.15, 0.2) is 24.3 Å². The molecule has 3 nitrogen and oxygen atoms in total. The normalized spacial score (nSPS) is 8.92. The third kappa shape index (κ3) is 2.70. The Morgan fingerprint density at radius 2 is 2.23 bits per heavy atom. The summed E-state index contributed by atoms with van der Waals surface area (Å²) in [6.45, 7) is -0.205. The highest BCUT2D eigenvalue weighted by Crippen LogP contribution is 2.12. The number of benzene rings is 1. The molecule has 0 saturated carbocycles. The smallest absolute Gasteiger partial charge is 0.340 e. The van der Waals surface area contributed by atoms with Crippen LogP contribution < -0.4 is 0 Å². The molecule has 0 fully saturated rings. The molecule has 0 heterocycles. The van der Waals surface area contributed by atoms with Gasteiger partial charge in [0.1, 0.15) is 6.07 Å². The van der Waals surface area contributed by atoms with E-state index in [1.807, 2.05) is 34.7 Å². The lowest BCUT2D eigenvalue weighted by Gasteiger charge is -2.01. The van der Waals surface area contributed by atoms with Crippen LogP contribution >= 0.6 is 22.6 Å². The zero-order valence-corrected chi connectivity index (χ0v) is 8.82. The van der Waals surface area contributed by atoms with Gasteiger partial charge in [-0.2, -0.15) is 5.26 Å². The van der Waals surface area contributed by atoms with Gasteiger partial charge in [0.2, 0.25) is 0 Å². The summed E-state index contributed by atoms with van der Waals surface area (Å²) < 4.78 is 5.48. The molecule has 13 heavy (non-hydrogen) atoms. The maximum Gasteiger partial charge on any atom is 0.340 e. The molecule has 1 aromatic rings. The van der Waals surface area contributed by atoms with E-state index in [1.54, 1.807) is 18.2 Å². The summed E-state index contributed by atoms with van der Waals surface area (Å²) in [5.41, 5.74) is 0.498. The van der Waals surface area contributed by atoms with Crippen LogP contribution in [0.1, 0.15) is 10.4 Å². The molecule has 0 amide bonds. The zero-order valence-electron chi connectivity index (χ0n) is 6.66. The Labute approximate surface area is 89.5 Å². The molecule has 0 aliphatic heterocycles. The summed E-state index contributed by atoms with van der Waals surface area (Å²) in [7, 11) is 0. The van der Waals surface area contributed by atoms with Crippen molar-refractivity contribution in [2.75, 3.05) is 6.61 Å². The van der Waals surface area contributed by atoms with E-state index < -0.39 is 5.97 Å². The molecule has 4 heteroatoms. The first-order valence-electron chi connectivity index (χ1n) is 3.54. The minimum absolute atomic E-state index is 0.205. The monoisotopic (exact) mass is 287 g/mol. The van der Waals surface area contributed by atoms with Gasteiger partial charge in [-0.1, -0.05) is 12.1 Å². The number of halogens is 1. The molecule has 0 unspecified atom stereocenters. The van der Waals surface area contributed by atoms with Gasteiger partial charge in [-0.15, -0.1) is 0 Å². The van der Waals surface area contributed by atoms with Crippen molar-refractivity contribution in [1.82, 2.24) is 0 Å². The van der Waals surface area contributed by atoms with Gasteiger partial charge in [-0.05, 0) is 34.7 Å². The van der Waals surface area contributed by atoms with Crippen molar-refractivity contribution >= 4 is 28.6 Å². The molecule has 66 valence electrons. The van der Waals surface area contributed by atoms with E-state index in [-0.39, 0.29) is 6.61 Å². The second-order valence-electron chi connectivity index (χ2n) is 2.21. The van der Waals surface area contributed by atoms with Crippen LogP contribution in [0, 0.1) is 14.9 Å². The van der Waals surface area contributed by atoms with Crippen molar-refractivity contribution in [2.24, 2.45) is 0 Å². The number of rotatable bonds is 2. The summed E-state index contributed by atoms with van der Waals surface area (Å²) in [4.78, 5) is 11.2. The molecule has 0 saturated heterocycles. The second kappa shape index (κ2) is 4.82. The maximum atomic E-state index is 11.2. The first-order valence-corrected chi connectivity index (χ1v) is 4.62. The molecule has 0 aliphatic rings. The van der Waals surface area contributed by atoms with E-state index in [0.29, 0.717) is 5.56 Å². The SMILES string of the molecule is N#CCOC(=O)c1ccccc1I. The fourth-order valence-corrected chi connectivity index (χ4v) is 1.41. The third-order valence-corrected chi connectivity index (χ3v) is 2.30. The van der Waals surface area contributed by atoms with Crippen LogP contribution in [-0.2, 0) is 4.74 Å². The van der Waals surface area contributed by atoms with Crippen molar-refractivity contribution in [3.8, 4) is 6.07 Å². The second-order valence-corrected chi connectivity index (χ2v) is 3.38. The van der Waals surface area contributed by atoms with Crippen LogP contribution in [0.2, 0.25) is 0 Å². The van der Waals surface area contributed by atoms with E-state index in [0.717, 1.165) is 3.57 Å². The Bertz CT molecular complexity index is 357. The molecule has 0 aromatic heterocycles. The summed E-state index contributed by atoms with van der Waals surface area (Å²) in [5, 5.41) is 8.20. The number of carbonyl (C=O) groups excluding carboxylic acids is 1. The Hall–Kier alpha value is -1.09. The molecular formula is C9H6INO2. The minimum atomic E-state index is -0.452. The molecule has 0 radical (unpaired) electrons. The number of nitrogens with zero attached hydrogens (tertiary/aromatic N) is 1. The van der Waals surface area contributed by atoms with Crippen LogP contribution in [0.3, 0.4) is 0 Å². The average Bonchev–Trinajstić information content (AvgIpc) is 2.15. The molecular weight excluding hydrogens is 281 g/mol. The Kier molecular flexibility index (Phi) is 3.71. The molecule has 0 N–H and O–H groups in total. The van der Waals surface area contributed by atoms with E-state index in [4.69, 9.17) is 5.26 Å². The van der Waals surface area contributed by atoms with Gasteiger partial charge in [0.15, 0.2) is 6.61 Å². The fraction of sp³-hybridized carbons (Fsp3) is 0.111.